The molecule has 1 amide bonds. The average Bonchev–Trinajstić information content (AvgIpc) is 2.45. The summed E-state index contributed by atoms with van der Waals surface area (Å²) >= 11 is 8.10. The number of carbonyl (C=O) groups excluding carboxylic acids is 1. The van der Waals surface area contributed by atoms with E-state index >= 15 is 0 Å². The van der Waals surface area contributed by atoms with Gasteiger partial charge in [0.1, 0.15) is 6.04 Å². The highest BCUT2D eigenvalue weighted by molar-refractivity contribution is 14.1. The van der Waals surface area contributed by atoms with Crippen LogP contribution in [0.1, 0.15) is 18.5 Å². The van der Waals surface area contributed by atoms with Crippen LogP contribution >= 0.6 is 34.2 Å². The Morgan fingerprint density at radius 1 is 1.29 bits per heavy atom. The molecule has 0 saturated heterocycles. The minimum atomic E-state index is -0.00202. The summed E-state index contributed by atoms with van der Waals surface area (Å²) in [5.74, 6) is -0.00202. The second kappa shape index (κ2) is 7.77. The van der Waals surface area contributed by atoms with Crippen LogP contribution in [0.15, 0.2) is 48.5 Å². The van der Waals surface area contributed by atoms with Crippen molar-refractivity contribution in [3.05, 3.63) is 62.7 Å². The summed E-state index contributed by atoms with van der Waals surface area (Å²) in [6.45, 7) is 2.46. The van der Waals surface area contributed by atoms with Crippen LogP contribution in [0, 0.1) is 3.57 Å². The van der Waals surface area contributed by atoms with Crippen LogP contribution in [-0.4, -0.2) is 12.5 Å². The molecule has 0 unspecified atom stereocenters. The van der Waals surface area contributed by atoms with Gasteiger partial charge in [-0.3, -0.25) is 4.79 Å². The maximum atomic E-state index is 11.9. The van der Waals surface area contributed by atoms with E-state index in [2.05, 4.69) is 34.8 Å². The number of anilines is 1. The summed E-state index contributed by atoms with van der Waals surface area (Å²) in [5.41, 5.74) is 1.99. The lowest BCUT2D eigenvalue weighted by Gasteiger charge is -2.11. The van der Waals surface area contributed by atoms with Crippen molar-refractivity contribution in [1.29, 1.82) is 0 Å². The van der Waals surface area contributed by atoms with E-state index in [1.807, 2.05) is 53.8 Å². The maximum absolute atomic E-state index is 11.9. The van der Waals surface area contributed by atoms with Gasteiger partial charge in [-0.2, -0.15) is 0 Å². The van der Waals surface area contributed by atoms with E-state index in [1.54, 1.807) is 0 Å². The van der Waals surface area contributed by atoms with Crippen LogP contribution in [0.25, 0.3) is 0 Å². The molecule has 21 heavy (non-hydrogen) atoms. The molecule has 110 valence electrons. The van der Waals surface area contributed by atoms with Crippen molar-refractivity contribution in [2.45, 2.75) is 13.0 Å². The van der Waals surface area contributed by atoms with Gasteiger partial charge in [0.25, 0.3) is 5.91 Å². The Morgan fingerprint density at radius 2 is 2.00 bits per heavy atom. The molecule has 3 nitrogen and oxygen atoms in total. The molecule has 0 fully saturated rings. The smallest absolute Gasteiger partial charge is 0.279 e. The standard InChI is InChI=1S/C16H16ClIN2O/c1-11(12-5-7-13(17)8-6-12)19-10-16(21)20-15-4-2-3-14(18)9-15/h2-9,11,19H,10H2,1H3,(H,20,21)/p+1/t11-/m0/s1. The van der Waals surface area contributed by atoms with Crippen LogP contribution in [0.4, 0.5) is 5.69 Å². The van der Waals surface area contributed by atoms with Crippen molar-refractivity contribution in [3.8, 4) is 0 Å². The molecule has 0 aliphatic rings. The number of hydrogen-bond acceptors (Lipinski definition) is 1. The summed E-state index contributed by atoms with van der Waals surface area (Å²) in [6.07, 6.45) is 0. The highest BCUT2D eigenvalue weighted by Crippen LogP contribution is 2.14. The van der Waals surface area contributed by atoms with Crippen LogP contribution in [-0.2, 0) is 4.79 Å². The van der Waals surface area contributed by atoms with Crippen LogP contribution < -0.4 is 10.6 Å². The first-order valence-corrected chi connectivity index (χ1v) is 8.14. The molecular weight excluding hydrogens is 399 g/mol. The van der Waals surface area contributed by atoms with Gasteiger partial charge in [0.15, 0.2) is 6.54 Å². The number of benzene rings is 2. The molecule has 5 heteroatoms. The van der Waals surface area contributed by atoms with E-state index in [9.17, 15) is 4.79 Å². The third-order valence-electron chi connectivity index (χ3n) is 3.16. The topological polar surface area (TPSA) is 45.7 Å². The number of halogens is 2. The molecule has 3 N–H and O–H groups in total. The first-order valence-electron chi connectivity index (χ1n) is 6.69. The summed E-state index contributed by atoms with van der Waals surface area (Å²) in [5, 5.41) is 5.63. The maximum Gasteiger partial charge on any atom is 0.279 e. The predicted molar refractivity (Wildman–Crippen MR) is 94.4 cm³/mol. The van der Waals surface area contributed by atoms with E-state index in [0.717, 1.165) is 19.8 Å². The second-order valence-electron chi connectivity index (χ2n) is 4.84. The number of rotatable bonds is 5. The lowest BCUT2D eigenvalue weighted by atomic mass is 10.1. The summed E-state index contributed by atoms with van der Waals surface area (Å²) < 4.78 is 1.10. The zero-order valence-electron chi connectivity index (χ0n) is 11.6. The highest BCUT2D eigenvalue weighted by Gasteiger charge is 2.11. The molecule has 0 aliphatic heterocycles. The van der Waals surface area contributed by atoms with E-state index < -0.39 is 0 Å². The molecule has 0 heterocycles. The van der Waals surface area contributed by atoms with Crippen molar-refractivity contribution in [3.63, 3.8) is 0 Å². The first-order chi connectivity index (χ1) is 10.0. The Kier molecular flexibility index (Phi) is 6.02. The van der Waals surface area contributed by atoms with Gasteiger partial charge in [-0.15, -0.1) is 0 Å². The van der Waals surface area contributed by atoms with Crippen LogP contribution in [0.5, 0.6) is 0 Å². The first kappa shape index (κ1) is 16.3. The Morgan fingerprint density at radius 3 is 2.67 bits per heavy atom. The molecule has 0 radical (unpaired) electrons. The van der Waals surface area contributed by atoms with Crippen molar-refractivity contribution >= 4 is 45.8 Å². The van der Waals surface area contributed by atoms with Gasteiger partial charge in [0, 0.05) is 19.8 Å². The number of nitrogens with two attached hydrogens (primary N) is 1. The van der Waals surface area contributed by atoms with E-state index in [4.69, 9.17) is 11.6 Å². The number of hydrogen-bond donors (Lipinski definition) is 2. The van der Waals surface area contributed by atoms with Crippen molar-refractivity contribution < 1.29 is 10.1 Å². The normalized spacial score (nSPS) is 12.0. The Balaban J connectivity index is 1.84. The molecule has 0 spiro atoms. The molecule has 1 atom stereocenters. The van der Waals surface area contributed by atoms with Gasteiger partial charge in [-0.05, 0) is 59.8 Å². The highest BCUT2D eigenvalue weighted by atomic mass is 127. The van der Waals surface area contributed by atoms with Crippen molar-refractivity contribution in [2.75, 3.05) is 11.9 Å². The quantitative estimate of drug-likeness (QED) is 0.724. The third-order valence-corrected chi connectivity index (χ3v) is 4.08. The van der Waals surface area contributed by atoms with E-state index in [-0.39, 0.29) is 11.9 Å². The fourth-order valence-corrected chi connectivity index (χ4v) is 2.63. The van der Waals surface area contributed by atoms with Crippen molar-refractivity contribution in [1.82, 2.24) is 0 Å². The molecule has 2 aromatic rings. The largest absolute Gasteiger partial charge is 0.333 e. The number of quaternary nitrogens is 1. The van der Waals surface area contributed by atoms with Gasteiger partial charge in [0.2, 0.25) is 0 Å². The third kappa shape index (κ3) is 5.30. The van der Waals surface area contributed by atoms with Gasteiger partial charge < -0.3 is 10.6 Å². The minimum Gasteiger partial charge on any atom is -0.333 e. The fourth-order valence-electron chi connectivity index (χ4n) is 1.96. The summed E-state index contributed by atoms with van der Waals surface area (Å²) in [4.78, 5) is 11.9. The monoisotopic (exact) mass is 415 g/mol. The molecule has 2 rings (SSSR count). The lowest BCUT2D eigenvalue weighted by Crippen LogP contribution is -2.86. The summed E-state index contributed by atoms with van der Waals surface area (Å²) in [6, 6.07) is 15.7. The molecule has 0 saturated carbocycles. The zero-order chi connectivity index (χ0) is 15.2. The van der Waals surface area contributed by atoms with E-state index in [0.29, 0.717) is 6.54 Å². The fraction of sp³-hybridized carbons (Fsp3) is 0.188. The van der Waals surface area contributed by atoms with Crippen LogP contribution in [0.3, 0.4) is 0 Å². The Bertz CT molecular complexity index is 616. The van der Waals surface area contributed by atoms with Gasteiger partial charge >= 0.3 is 0 Å². The Hall–Kier alpha value is -1.11. The predicted octanol–water partition coefficient (Wildman–Crippen LogP) is 3.21. The number of nitrogens with one attached hydrogen (secondary N) is 1. The second-order valence-corrected chi connectivity index (χ2v) is 6.52. The van der Waals surface area contributed by atoms with Crippen LogP contribution in [0.2, 0.25) is 5.02 Å². The number of amides is 1. The average molecular weight is 416 g/mol. The molecule has 2 aromatic carbocycles. The van der Waals surface area contributed by atoms with Gasteiger partial charge in [-0.1, -0.05) is 29.8 Å². The van der Waals surface area contributed by atoms with Crippen molar-refractivity contribution in [2.24, 2.45) is 0 Å². The van der Waals surface area contributed by atoms with Gasteiger partial charge in [-0.25, -0.2) is 0 Å². The molecular formula is C16H17ClIN2O+. The van der Waals surface area contributed by atoms with Gasteiger partial charge in [0.05, 0.1) is 0 Å². The Labute approximate surface area is 143 Å². The molecule has 0 bridgehead atoms. The van der Waals surface area contributed by atoms with E-state index in [1.165, 1.54) is 0 Å². The SMILES string of the molecule is C[C@H]([NH2+]CC(=O)Nc1cccc(I)c1)c1ccc(Cl)cc1. The molecule has 0 aromatic heterocycles. The minimum absolute atomic E-state index is 0.00202. The lowest BCUT2D eigenvalue weighted by molar-refractivity contribution is -0.682. The zero-order valence-corrected chi connectivity index (χ0v) is 14.6. The molecule has 0 aliphatic carbocycles. The number of carbonyl (C=O) groups is 1. The summed E-state index contributed by atoms with van der Waals surface area (Å²) in [7, 11) is 0.